The van der Waals surface area contributed by atoms with Crippen molar-refractivity contribution in [3.05, 3.63) is 109 Å². The van der Waals surface area contributed by atoms with Gasteiger partial charge < -0.3 is 9.73 Å². The van der Waals surface area contributed by atoms with E-state index in [2.05, 4.69) is 20.5 Å². The van der Waals surface area contributed by atoms with E-state index in [0.29, 0.717) is 30.2 Å². The van der Waals surface area contributed by atoms with Crippen molar-refractivity contribution in [2.24, 2.45) is 0 Å². The van der Waals surface area contributed by atoms with Crippen molar-refractivity contribution in [1.29, 1.82) is 0 Å². The summed E-state index contributed by atoms with van der Waals surface area (Å²) in [6, 6.07) is 22.9. The molecule has 3 aromatic heterocycles. The van der Waals surface area contributed by atoms with Gasteiger partial charge in [0.1, 0.15) is 24.0 Å². The number of aromatic nitrogens is 5. The summed E-state index contributed by atoms with van der Waals surface area (Å²) in [5.41, 5.74) is 3.94. The highest BCUT2D eigenvalue weighted by molar-refractivity contribution is 5.94. The van der Waals surface area contributed by atoms with Gasteiger partial charge in [0, 0.05) is 12.6 Å². The molecule has 5 rings (SSSR count). The predicted molar refractivity (Wildman–Crippen MR) is 118 cm³/mol. The molecule has 0 spiro atoms. The van der Waals surface area contributed by atoms with Crippen LogP contribution < -0.4 is 5.32 Å². The average Bonchev–Trinajstić information content (AvgIpc) is 3.60. The third-order valence-corrected chi connectivity index (χ3v) is 5.00. The minimum Gasteiger partial charge on any atom is -0.463 e. The Morgan fingerprint density at radius 1 is 0.969 bits per heavy atom. The molecule has 0 aliphatic carbocycles. The van der Waals surface area contributed by atoms with Crippen LogP contribution in [0.25, 0.3) is 17.1 Å². The molecule has 32 heavy (non-hydrogen) atoms. The first kappa shape index (κ1) is 19.5. The van der Waals surface area contributed by atoms with E-state index in [9.17, 15) is 4.79 Å². The molecule has 8 heteroatoms. The minimum atomic E-state index is -0.217. The van der Waals surface area contributed by atoms with E-state index in [0.717, 1.165) is 16.8 Å². The molecule has 158 valence electrons. The molecular weight excluding hydrogens is 404 g/mol. The van der Waals surface area contributed by atoms with Crippen LogP contribution >= 0.6 is 0 Å². The van der Waals surface area contributed by atoms with Crippen LogP contribution in [0, 0.1) is 0 Å². The smallest absolute Gasteiger partial charge is 0.270 e. The van der Waals surface area contributed by atoms with Gasteiger partial charge in [-0.15, -0.1) is 0 Å². The fourth-order valence-electron chi connectivity index (χ4n) is 3.39. The average molecular weight is 424 g/mol. The maximum Gasteiger partial charge on any atom is 0.270 e. The van der Waals surface area contributed by atoms with Gasteiger partial charge >= 0.3 is 0 Å². The number of hydrogen-bond acceptors (Lipinski definition) is 5. The Morgan fingerprint density at radius 3 is 2.50 bits per heavy atom. The highest BCUT2D eigenvalue weighted by Crippen LogP contribution is 2.22. The second-order valence-electron chi connectivity index (χ2n) is 7.23. The molecule has 0 saturated carbocycles. The lowest BCUT2D eigenvalue weighted by molar-refractivity contribution is 0.0943. The number of nitrogens with zero attached hydrogens (tertiary/aromatic N) is 5. The molecule has 0 bridgehead atoms. The van der Waals surface area contributed by atoms with Gasteiger partial charge in [0.15, 0.2) is 5.76 Å². The maximum absolute atomic E-state index is 13.1. The van der Waals surface area contributed by atoms with Crippen LogP contribution in [-0.4, -0.2) is 30.5 Å². The molecule has 0 fully saturated rings. The number of rotatable bonds is 7. The summed E-state index contributed by atoms with van der Waals surface area (Å²) < 4.78 is 8.86. The summed E-state index contributed by atoms with van der Waals surface area (Å²) in [7, 11) is 0. The third-order valence-electron chi connectivity index (χ3n) is 5.00. The van der Waals surface area contributed by atoms with Crippen molar-refractivity contribution in [2.45, 2.75) is 13.1 Å². The number of nitrogens with one attached hydrogen (secondary N) is 1. The molecule has 1 N–H and O–H groups in total. The predicted octanol–water partition coefficient (Wildman–Crippen LogP) is 3.70. The highest BCUT2D eigenvalue weighted by Gasteiger charge is 2.18. The molecule has 3 heterocycles. The summed E-state index contributed by atoms with van der Waals surface area (Å²) in [5, 5.41) is 11.7. The van der Waals surface area contributed by atoms with Gasteiger partial charge in [0.05, 0.1) is 18.5 Å². The van der Waals surface area contributed by atoms with Crippen molar-refractivity contribution in [1.82, 2.24) is 29.9 Å². The normalized spacial score (nSPS) is 10.9. The van der Waals surface area contributed by atoms with E-state index in [4.69, 9.17) is 4.42 Å². The zero-order valence-corrected chi connectivity index (χ0v) is 17.1. The molecular formula is C24H20N6O2. The molecule has 0 saturated heterocycles. The Bertz CT molecular complexity index is 1290. The van der Waals surface area contributed by atoms with Crippen LogP contribution in [0.3, 0.4) is 0 Å². The molecule has 2 aromatic carbocycles. The van der Waals surface area contributed by atoms with E-state index < -0.39 is 0 Å². The Labute approximate surface area is 184 Å². The van der Waals surface area contributed by atoms with Gasteiger partial charge in [-0.3, -0.25) is 4.79 Å². The molecule has 0 atom stereocenters. The monoisotopic (exact) mass is 424 g/mol. The second-order valence-corrected chi connectivity index (χ2v) is 7.23. The van der Waals surface area contributed by atoms with E-state index in [1.165, 1.54) is 6.33 Å². The lowest BCUT2D eigenvalue weighted by Crippen LogP contribution is -2.25. The van der Waals surface area contributed by atoms with Crippen LogP contribution in [0.4, 0.5) is 0 Å². The van der Waals surface area contributed by atoms with Crippen LogP contribution in [0.2, 0.25) is 0 Å². The largest absolute Gasteiger partial charge is 0.463 e. The number of carbonyl (C=O) groups is 1. The number of para-hydroxylation sites is 1. The van der Waals surface area contributed by atoms with E-state index in [1.54, 1.807) is 34.1 Å². The van der Waals surface area contributed by atoms with Gasteiger partial charge in [-0.25, -0.2) is 14.3 Å². The molecule has 0 unspecified atom stereocenters. The zero-order chi connectivity index (χ0) is 21.8. The van der Waals surface area contributed by atoms with Crippen LogP contribution in [0.1, 0.15) is 21.6 Å². The van der Waals surface area contributed by atoms with Gasteiger partial charge in [-0.2, -0.15) is 10.2 Å². The second kappa shape index (κ2) is 8.73. The lowest BCUT2D eigenvalue weighted by atomic mass is 10.1. The van der Waals surface area contributed by atoms with E-state index >= 15 is 0 Å². The zero-order valence-electron chi connectivity index (χ0n) is 17.1. The van der Waals surface area contributed by atoms with Crippen LogP contribution in [-0.2, 0) is 13.1 Å². The standard InChI is InChI=1S/C24H20N6O2/c31-24(26-14-18-8-10-19(11-9-18)15-29-17-25-16-27-29)22-13-21(23-7-4-12-32-23)28-30(22)20-5-2-1-3-6-20/h1-13,16-17H,14-15H2,(H,26,31). The summed E-state index contributed by atoms with van der Waals surface area (Å²) in [6.45, 7) is 1.05. The molecule has 0 aliphatic heterocycles. The summed E-state index contributed by atoms with van der Waals surface area (Å²) in [4.78, 5) is 17.0. The first-order chi connectivity index (χ1) is 15.8. The molecule has 8 nitrogen and oxygen atoms in total. The Kier molecular flexibility index (Phi) is 5.32. The van der Waals surface area contributed by atoms with Crippen molar-refractivity contribution in [3.63, 3.8) is 0 Å². The van der Waals surface area contributed by atoms with Gasteiger partial charge in [-0.1, -0.05) is 42.5 Å². The minimum absolute atomic E-state index is 0.217. The summed E-state index contributed by atoms with van der Waals surface area (Å²) in [6.07, 6.45) is 4.78. The number of furan rings is 1. The van der Waals surface area contributed by atoms with Crippen LogP contribution in [0.5, 0.6) is 0 Å². The quantitative estimate of drug-likeness (QED) is 0.430. The third kappa shape index (κ3) is 4.20. The van der Waals surface area contributed by atoms with Gasteiger partial charge in [0.25, 0.3) is 5.91 Å². The van der Waals surface area contributed by atoms with Gasteiger partial charge in [0.2, 0.25) is 0 Å². The fraction of sp³-hybridized carbons (Fsp3) is 0.0833. The Morgan fingerprint density at radius 2 is 1.78 bits per heavy atom. The first-order valence-corrected chi connectivity index (χ1v) is 10.1. The Hall–Kier alpha value is -4.46. The molecule has 0 radical (unpaired) electrons. The van der Waals surface area contributed by atoms with Crippen molar-refractivity contribution in [3.8, 4) is 17.1 Å². The van der Waals surface area contributed by atoms with E-state index in [1.807, 2.05) is 60.7 Å². The number of benzene rings is 2. The first-order valence-electron chi connectivity index (χ1n) is 10.1. The van der Waals surface area contributed by atoms with Crippen LogP contribution in [0.15, 0.2) is 96.1 Å². The lowest BCUT2D eigenvalue weighted by Gasteiger charge is -2.09. The van der Waals surface area contributed by atoms with Gasteiger partial charge in [-0.05, 0) is 35.4 Å². The molecule has 1 amide bonds. The van der Waals surface area contributed by atoms with Crippen molar-refractivity contribution < 1.29 is 9.21 Å². The SMILES string of the molecule is O=C(NCc1ccc(Cn2cncn2)cc1)c1cc(-c2ccco2)nn1-c1ccccc1. The number of amides is 1. The number of carbonyl (C=O) groups excluding carboxylic acids is 1. The number of hydrogen-bond donors (Lipinski definition) is 1. The fourth-order valence-corrected chi connectivity index (χ4v) is 3.39. The molecule has 5 aromatic rings. The summed E-state index contributed by atoms with van der Waals surface area (Å²) in [5.74, 6) is 0.391. The topological polar surface area (TPSA) is 90.8 Å². The van der Waals surface area contributed by atoms with E-state index in [-0.39, 0.29) is 5.91 Å². The van der Waals surface area contributed by atoms with Crippen molar-refractivity contribution >= 4 is 5.91 Å². The summed E-state index contributed by atoms with van der Waals surface area (Å²) >= 11 is 0. The Balaban J connectivity index is 1.32. The van der Waals surface area contributed by atoms with Crippen molar-refractivity contribution in [2.75, 3.05) is 0 Å². The molecule has 0 aliphatic rings. The highest BCUT2D eigenvalue weighted by atomic mass is 16.3. The maximum atomic E-state index is 13.1.